The van der Waals surface area contributed by atoms with E-state index in [1.54, 1.807) is 17.5 Å². The molecule has 0 bridgehead atoms. The third-order valence-corrected chi connectivity index (χ3v) is 4.82. The van der Waals surface area contributed by atoms with E-state index in [0.717, 1.165) is 24.3 Å². The number of aromatic nitrogens is 1. The van der Waals surface area contributed by atoms with Gasteiger partial charge in [-0.25, -0.2) is 4.98 Å². The highest BCUT2D eigenvalue weighted by molar-refractivity contribution is 7.09. The predicted octanol–water partition coefficient (Wildman–Crippen LogP) is 2.11. The molecule has 0 saturated heterocycles. The van der Waals surface area contributed by atoms with Crippen LogP contribution in [-0.4, -0.2) is 30.0 Å². The smallest absolute Gasteiger partial charge is 0.221 e. The van der Waals surface area contributed by atoms with Gasteiger partial charge in [0.05, 0.1) is 5.01 Å². The molecular formula is C14H23N3OS. The van der Waals surface area contributed by atoms with Gasteiger partial charge in [-0.1, -0.05) is 19.3 Å². The summed E-state index contributed by atoms with van der Waals surface area (Å²) in [5.74, 6) is 0.160. The molecule has 19 heavy (non-hydrogen) atoms. The summed E-state index contributed by atoms with van der Waals surface area (Å²) in [6.07, 6.45) is 9.22. The van der Waals surface area contributed by atoms with Crippen LogP contribution < -0.4 is 10.6 Å². The van der Waals surface area contributed by atoms with Crippen LogP contribution in [0.1, 0.15) is 43.5 Å². The lowest BCUT2D eigenvalue weighted by Gasteiger charge is -2.36. The van der Waals surface area contributed by atoms with Crippen molar-refractivity contribution in [2.45, 2.75) is 50.5 Å². The first-order chi connectivity index (χ1) is 9.24. The highest BCUT2D eigenvalue weighted by Gasteiger charge is 2.32. The molecular weight excluding hydrogens is 258 g/mol. The summed E-state index contributed by atoms with van der Waals surface area (Å²) in [5.41, 5.74) is 0.0313. The van der Waals surface area contributed by atoms with E-state index in [9.17, 15) is 4.79 Å². The summed E-state index contributed by atoms with van der Waals surface area (Å²) >= 11 is 1.64. The van der Waals surface area contributed by atoms with Gasteiger partial charge < -0.3 is 10.6 Å². The maximum Gasteiger partial charge on any atom is 0.221 e. The Morgan fingerprint density at radius 3 is 2.84 bits per heavy atom. The molecule has 4 nitrogen and oxygen atoms in total. The van der Waals surface area contributed by atoms with E-state index in [1.165, 1.54) is 19.3 Å². The molecule has 106 valence electrons. The number of rotatable bonds is 6. The quantitative estimate of drug-likeness (QED) is 0.840. The molecule has 1 aliphatic rings. The van der Waals surface area contributed by atoms with Gasteiger partial charge in [-0.15, -0.1) is 11.3 Å². The predicted molar refractivity (Wildman–Crippen MR) is 78.3 cm³/mol. The molecule has 0 atom stereocenters. The fourth-order valence-electron chi connectivity index (χ4n) is 2.80. The highest BCUT2D eigenvalue weighted by Crippen LogP contribution is 2.30. The van der Waals surface area contributed by atoms with E-state index in [2.05, 4.69) is 15.6 Å². The maximum absolute atomic E-state index is 12.0. The van der Waals surface area contributed by atoms with Gasteiger partial charge in [0.1, 0.15) is 0 Å². The fraction of sp³-hybridized carbons (Fsp3) is 0.714. The third kappa shape index (κ3) is 4.28. The minimum atomic E-state index is 0.0313. The van der Waals surface area contributed by atoms with Gasteiger partial charge in [0.2, 0.25) is 5.91 Å². The second-order valence-electron chi connectivity index (χ2n) is 5.29. The van der Waals surface area contributed by atoms with Gasteiger partial charge in [0.15, 0.2) is 0 Å². The number of carbonyl (C=O) groups is 1. The summed E-state index contributed by atoms with van der Waals surface area (Å²) in [6.45, 7) is 0.687. The van der Waals surface area contributed by atoms with Crippen molar-refractivity contribution in [3.63, 3.8) is 0 Å². The van der Waals surface area contributed by atoms with Gasteiger partial charge in [-0.3, -0.25) is 4.79 Å². The SMILES string of the molecule is CNC1(CC(=O)NCCc2nccs2)CCCCC1. The third-order valence-electron chi connectivity index (χ3n) is 3.98. The van der Waals surface area contributed by atoms with Crippen molar-refractivity contribution >= 4 is 17.2 Å². The number of carbonyl (C=O) groups excluding carboxylic acids is 1. The Bertz CT molecular complexity index is 385. The Balaban J connectivity index is 1.73. The molecule has 0 unspecified atom stereocenters. The zero-order valence-corrected chi connectivity index (χ0v) is 12.4. The van der Waals surface area contributed by atoms with Gasteiger partial charge in [-0.2, -0.15) is 0 Å². The van der Waals surface area contributed by atoms with Crippen LogP contribution in [0.3, 0.4) is 0 Å². The van der Waals surface area contributed by atoms with Crippen LogP contribution in [-0.2, 0) is 11.2 Å². The van der Waals surface area contributed by atoms with Crippen LogP contribution in [0.5, 0.6) is 0 Å². The molecule has 0 aliphatic heterocycles. The Morgan fingerprint density at radius 1 is 1.42 bits per heavy atom. The summed E-state index contributed by atoms with van der Waals surface area (Å²) in [6, 6.07) is 0. The van der Waals surface area contributed by atoms with E-state index in [4.69, 9.17) is 0 Å². The van der Waals surface area contributed by atoms with Gasteiger partial charge in [-0.05, 0) is 19.9 Å². The van der Waals surface area contributed by atoms with Crippen molar-refractivity contribution in [3.05, 3.63) is 16.6 Å². The molecule has 2 N–H and O–H groups in total. The van der Waals surface area contributed by atoms with Crippen molar-refractivity contribution < 1.29 is 4.79 Å². The standard InChI is InChI=1S/C14H23N3OS/c1-15-14(6-3-2-4-7-14)11-12(18)16-8-5-13-17-9-10-19-13/h9-10,15H,2-8,11H2,1H3,(H,16,18). The number of thiazole rings is 1. The summed E-state index contributed by atoms with van der Waals surface area (Å²) in [4.78, 5) is 16.2. The first-order valence-corrected chi connectivity index (χ1v) is 7.96. The van der Waals surface area contributed by atoms with Crippen LogP contribution in [0, 0.1) is 0 Å². The molecule has 0 radical (unpaired) electrons. The second kappa shape index (κ2) is 7.01. The molecule has 1 fully saturated rings. The zero-order valence-electron chi connectivity index (χ0n) is 11.6. The normalized spacial score (nSPS) is 18.2. The summed E-state index contributed by atoms with van der Waals surface area (Å²) < 4.78 is 0. The van der Waals surface area contributed by atoms with E-state index >= 15 is 0 Å². The van der Waals surface area contributed by atoms with Crippen molar-refractivity contribution in [2.24, 2.45) is 0 Å². The van der Waals surface area contributed by atoms with Crippen LogP contribution in [0.25, 0.3) is 0 Å². The Hall–Kier alpha value is -0.940. The average Bonchev–Trinajstić information content (AvgIpc) is 2.93. The Morgan fingerprint density at radius 2 is 2.21 bits per heavy atom. The fourth-order valence-corrected chi connectivity index (χ4v) is 3.42. The molecule has 1 aromatic heterocycles. The number of nitrogens with zero attached hydrogens (tertiary/aromatic N) is 1. The minimum absolute atomic E-state index is 0.0313. The topological polar surface area (TPSA) is 54.0 Å². The van der Waals surface area contributed by atoms with Crippen molar-refractivity contribution in [1.82, 2.24) is 15.6 Å². The van der Waals surface area contributed by atoms with Crippen molar-refractivity contribution in [1.29, 1.82) is 0 Å². The molecule has 1 amide bonds. The van der Waals surface area contributed by atoms with E-state index in [1.807, 2.05) is 12.4 Å². The molecule has 1 saturated carbocycles. The van der Waals surface area contributed by atoms with E-state index < -0.39 is 0 Å². The molecule has 1 aliphatic carbocycles. The van der Waals surface area contributed by atoms with Crippen LogP contribution >= 0.6 is 11.3 Å². The number of amides is 1. The Labute approximate surface area is 119 Å². The van der Waals surface area contributed by atoms with Crippen LogP contribution in [0.4, 0.5) is 0 Å². The van der Waals surface area contributed by atoms with Crippen molar-refractivity contribution in [3.8, 4) is 0 Å². The number of hydrogen-bond donors (Lipinski definition) is 2. The molecule has 5 heteroatoms. The minimum Gasteiger partial charge on any atom is -0.356 e. The Kier molecular flexibility index (Phi) is 5.34. The number of hydrogen-bond acceptors (Lipinski definition) is 4. The second-order valence-corrected chi connectivity index (χ2v) is 6.27. The lowest BCUT2D eigenvalue weighted by Crippen LogP contribution is -2.48. The molecule has 1 heterocycles. The maximum atomic E-state index is 12.0. The van der Waals surface area contributed by atoms with E-state index in [-0.39, 0.29) is 11.4 Å². The summed E-state index contributed by atoms with van der Waals surface area (Å²) in [5, 5.41) is 9.45. The largest absolute Gasteiger partial charge is 0.356 e. The van der Waals surface area contributed by atoms with Crippen LogP contribution in [0.15, 0.2) is 11.6 Å². The first kappa shape index (κ1) is 14.5. The highest BCUT2D eigenvalue weighted by atomic mass is 32.1. The molecule has 0 aromatic carbocycles. The lowest BCUT2D eigenvalue weighted by atomic mass is 9.79. The molecule has 1 aromatic rings. The zero-order chi connectivity index (χ0) is 13.6. The molecule has 2 rings (SSSR count). The lowest BCUT2D eigenvalue weighted by molar-refractivity contribution is -0.122. The monoisotopic (exact) mass is 281 g/mol. The first-order valence-electron chi connectivity index (χ1n) is 7.08. The number of nitrogens with one attached hydrogen (secondary N) is 2. The average molecular weight is 281 g/mol. The van der Waals surface area contributed by atoms with Gasteiger partial charge >= 0.3 is 0 Å². The van der Waals surface area contributed by atoms with E-state index in [0.29, 0.717) is 13.0 Å². The summed E-state index contributed by atoms with van der Waals surface area (Å²) in [7, 11) is 1.98. The molecule has 0 spiro atoms. The van der Waals surface area contributed by atoms with Gasteiger partial charge in [0, 0.05) is 36.5 Å². The van der Waals surface area contributed by atoms with Crippen molar-refractivity contribution in [2.75, 3.05) is 13.6 Å². The van der Waals surface area contributed by atoms with Crippen LogP contribution in [0.2, 0.25) is 0 Å². The van der Waals surface area contributed by atoms with Gasteiger partial charge in [0.25, 0.3) is 0 Å².